The summed E-state index contributed by atoms with van der Waals surface area (Å²) in [6, 6.07) is 30.6. The minimum atomic E-state index is -0.828. The molecule has 0 unspecified atom stereocenters. The minimum Gasteiger partial charge on any atom is -0.489 e. The first kappa shape index (κ1) is 30.1. The van der Waals surface area contributed by atoms with Crippen LogP contribution in [0.2, 0.25) is 5.02 Å². The number of hydrogen-bond donors (Lipinski definition) is 1. The van der Waals surface area contributed by atoms with E-state index in [-0.39, 0.29) is 5.57 Å². The number of rotatable bonds is 8. The highest BCUT2D eigenvalue weighted by molar-refractivity contribution is 9.10. The van der Waals surface area contributed by atoms with E-state index in [1.807, 2.05) is 24.3 Å². The SMILES string of the molecule is Cc1ccc2ccccc2c1COc1ccc(/C=C2\C(=O)NC(=O)N(c3ccc(OCc4ccc(Cl)cc4)cc3)C2=O)cc1Br. The maximum Gasteiger partial charge on any atom is 0.335 e. The predicted molar refractivity (Wildman–Crippen MR) is 178 cm³/mol. The van der Waals surface area contributed by atoms with Gasteiger partial charge in [0.2, 0.25) is 0 Å². The summed E-state index contributed by atoms with van der Waals surface area (Å²) in [6.45, 7) is 2.75. The molecule has 0 aromatic heterocycles. The van der Waals surface area contributed by atoms with Gasteiger partial charge in [-0.05, 0) is 105 Å². The molecule has 6 rings (SSSR count). The molecule has 4 amide bonds. The second-order valence-corrected chi connectivity index (χ2v) is 11.7. The van der Waals surface area contributed by atoms with Crippen molar-refractivity contribution in [3.05, 3.63) is 140 Å². The van der Waals surface area contributed by atoms with Crippen molar-refractivity contribution in [2.45, 2.75) is 20.1 Å². The van der Waals surface area contributed by atoms with Gasteiger partial charge in [-0.15, -0.1) is 0 Å². The zero-order valence-corrected chi connectivity index (χ0v) is 26.4. The number of anilines is 1. The molecule has 0 atom stereocenters. The van der Waals surface area contributed by atoms with Crippen molar-refractivity contribution in [2.24, 2.45) is 0 Å². The Morgan fingerprint density at radius 1 is 0.844 bits per heavy atom. The van der Waals surface area contributed by atoms with Crippen LogP contribution >= 0.6 is 27.5 Å². The fourth-order valence-electron chi connectivity index (χ4n) is 5.01. The van der Waals surface area contributed by atoms with Gasteiger partial charge in [0.25, 0.3) is 11.8 Å². The molecule has 0 spiro atoms. The summed E-state index contributed by atoms with van der Waals surface area (Å²) >= 11 is 9.49. The van der Waals surface area contributed by atoms with E-state index in [9.17, 15) is 14.4 Å². The Balaban J connectivity index is 1.16. The van der Waals surface area contributed by atoms with Crippen LogP contribution in [0, 0.1) is 6.92 Å². The monoisotopic (exact) mass is 680 g/mol. The molecule has 1 N–H and O–H groups in total. The third-order valence-corrected chi connectivity index (χ3v) is 8.30. The number of ether oxygens (including phenoxy) is 2. The van der Waals surface area contributed by atoms with Gasteiger partial charge in [0.15, 0.2) is 0 Å². The molecule has 1 fully saturated rings. The number of carbonyl (C=O) groups is 3. The smallest absolute Gasteiger partial charge is 0.335 e. The number of amides is 4. The van der Waals surface area contributed by atoms with Crippen molar-refractivity contribution in [2.75, 3.05) is 4.90 Å². The molecule has 5 aromatic carbocycles. The standard InChI is InChI=1S/C36H26BrClN2O5/c1-22-6-10-25-4-2-3-5-29(25)31(22)21-45-33-17-9-24(19-32(33)37)18-30-34(41)39-36(43)40(35(30)42)27-13-15-28(16-14-27)44-20-23-7-11-26(38)12-8-23/h2-19H,20-21H2,1H3,(H,39,41,43)/b30-18+. The molecule has 0 radical (unpaired) electrons. The van der Waals surface area contributed by atoms with Crippen molar-refractivity contribution in [3.63, 3.8) is 0 Å². The first-order chi connectivity index (χ1) is 21.8. The summed E-state index contributed by atoms with van der Waals surface area (Å²) in [6.07, 6.45) is 1.45. The van der Waals surface area contributed by atoms with E-state index in [0.29, 0.717) is 45.5 Å². The molecule has 224 valence electrons. The maximum atomic E-state index is 13.4. The summed E-state index contributed by atoms with van der Waals surface area (Å²) in [5.41, 5.74) is 3.87. The van der Waals surface area contributed by atoms with Crippen LogP contribution in [0.4, 0.5) is 10.5 Å². The molecule has 7 nitrogen and oxygen atoms in total. The lowest BCUT2D eigenvalue weighted by Crippen LogP contribution is -2.54. The number of benzene rings is 5. The Kier molecular flexibility index (Phi) is 8.69. The molecule has 0 aliphatic carbocycles. The van der Waals surface area contributed by atoms with E-state index in [4.69, 9.17) is 21.1 Å². The Hall–Kier alpha value is -4.92. The highest BCUT2D eigenvalue weighted by Crippen LogP contribution is 2.31. The number of nitrogens with zero attached hydrogens (tertiary/aromatic N) is 1. The Bertz CT molecular complexity index is 1970. The van der Waals surface area contributed by atoms with Gasteiger partial charge in [-0.2, -0.15) is 0 Å². The lowest BCUT2D eigenvalue weighted by Gasteiger charge is -2.26. The van der Waals surface area contributed by atoms with E-state index in [1.165, 1.54) is 6.08 Å². The molecule has 9 heteroatoms. The number of nitrogens with one attached hydrogen (secondary N) is 1. The Morgan fingerprint density at radius 2 is 1.60 bits per heavy atom. The van der Waals surface area contributed by atoms with Gasteiger partial charge < -0.3 is 9.47 Å². The number of imide groups is 2. The zero-order valence-electron chi connectivity index (χ0n) is 24.1. The molecular weight excluding hydrogens is 656 g/mol. The average Bonchev–Trinajstić information content (AvgIpc) is 3.03. The Labute approximate surface area is 273 Å². The van der Waals surface area contributed by atoms with Crippen LogP contribution in [0.15, 0.2) is 113 Å². The maximum absolute atomic E-state index is 13.4. The van der Waals surface area contributed by atoms with Crippen LogP contribution in [0.3, 0.4) is 0 Å². The van der Waals surface area contributed by atoms with Gasteiger partial charge >= 0.3 is 6.03 Å². The van der Waals surface area contributed by atoms with E-state index < -0.39 is 17.8 Å². The third-order valence-electron chi connectivity index (χ3n) is 7.43. The van der Waals surface area contributed by atoms with Gasteiger partial charge in [0.1, 0.15) is 30.3 Å². The fraction of sp³-hybridized carbons (Fsp3) is 0.0833. The topological polar surface area (TPSA) is 84.9 Å². The average molecular weight is 682 g/mol. The van der Waals surface area contributed by atoms with Crippen LogP contribution in [-0.4, -0.2) is 17.8 Å². The van der Waals surface area contributed by atoms with Crippen molar-refractivity contribution in [1.82, 2.24) is 5.32 Å². The van der Waals surface area contributed by atoms with E-state index >= 15 is 0 Å². The number of halogens is 2. The highest BCUT2D eigenvalue weighted by Gasteiger charge is 2.36. The van der Waals surface area contributed by atoms with Gasteiger partial charge in [-0.1, -0.05) is 66.2 Å². The third kappa shape index (κ3) is 6.62. The highest BCUT2D eigenvalue weighted by atomic mass is 79.9. The van der Waals surface area contributed by atoms with Crippen LogP contribution in [0.25, 0.3) is 16.8 Å². The fourth-order valence-corrected chi connectivity index (χ4v) is 5.64. The van der Waals surface area contributed by atoms with Gasteiger partial charge in [0, 0.05) is 10.6 Å². The number of hydrogen-bond acceptors (Lipinski definition) is 5. The molecular formula is C36H26BrClN2O5. The lowest BCUT2D eigenvalue weighted by molar-refractivity contribution is -0.122. The molecule has 45 heavy (non-hydrogen) atoms. The lowest BCUT2D eigenvalue weighted by atomic mass is 10.0. The van der Waals surface area contributed by atoms with E-state index in [0.717, 1.165) is 32.4 Å². The Morgan fingerprint density at radius 3 is 2.36 bits per heavy atom. The first-order valence-electron chi connectivity index (χ1n) is 14.1. The predicted octanol–water partition coefficient (Wildman–Crippen LogP) is 8.39. The summed E-state index contributed by atoms with van der Waals surface area (Å²) in [5, 5.41) is 5.18. The van der Waals surface area contributed by atoms with Gasteiger partial charge in [0.05, 0.1) is 10.2 Å². The normalized spacial score (nSPS) is 14.2. The van der Waals surface area contributed by atoms with Gasteiger partial charge in [-0.25, -0.2) is 9.69 Å². The largest absolute Gasteiger partial charge is 0.489 e. The molecule has 1 heterocycles. The quantitative estimate of drug-likeness (QED) is 0.131. The van der Waals surface area contributed by atoms with Crippen LogP contribution in [-0.2, 0) is 22.8 Å². The summed E-state index contributed by atoms with van der Waals surface area (Å²) < 4.78 is 12.6. The first-order valence-corrected chi connectivity index (χ1v) is 15.2. The molecule has 1 aliphatic heterocycles. The van der Waals surface area contributed by atoms with Crippen molar-refractivity contribution < 1.29 is 23.9 Å². The van der Waals surface area contributed by atoms with Crippen LogP contribution < -0.4 is 19.7 Å². The summed E-state index contributed by atoms with van der Waals surface area (Å²) in [5.74, 6) is -0.347. The van der Waals surface area contributed by atoms with E-state index in [2.05, 4.69) is 52.4 Å². The number of fused-ring (bicyclic) bond motifs is 1. The summed E-state index contributed by atoms with van der Waals surface area (Å²) in [7, 11) is 0. The van der Waals surface area contributed by atoms with Crippen LogP contribution in [0.1, 0.15) is 22.3 Å². The second kappa shape index (κ2) is 13.0. The van der Waals surface area contributed by atoms with Gasteiger partial charge in [-0.3, -0.25) is 14.9 Å². The summed E-state index contributed by atoms with van der Waals surface area (Å²) in [4.78, 5) is 39.8. The minimum absolute atomic E-state index is 0.176. The van der Waals surface area contributed by atoms with E-state index in [1.54, 1.807) is 54.6 Å². The number of urea groups is 1. The molecule has 0 bridgehead atoms. The van der Waals surface area contributed by atoms with Crippen molar-refractivity contribution in [3.8, 4) is 11.5 Å². The van der Waals surface area contributed by atoms with Crippen molar-refractivity contribution >= 4 is 67.9 Å². The van der Waals surface area contributed by atoms with Crippen LogP contribution in [0.5, 0.6) is 11.5 Å². The molecule has 5 aromatic rings. The number of barbiturate groups is 1. The second-order valence-electron chi connectivity index (χ2n) is 10.4. The number of aryl methyl sites for hydroxylation is 1. The van der Waals surface area contributed by atoms with Crippen molar-refractivity contribution in [1.29, 1.82) is 0 Å². The molecule has 0 saturated carbocycles. The molecule has 1 aliphatic rings. The molecule has 1 saturated heterocycles. The zero-order chi connectivity index (χ0) is 31.5. The number of carbonyl (C=O) groups excluding carboxylic acids is 3.